The Balaban J connectivity index is 1.77. The Labute approximate surface area is 240 Å². The van der Waals surface area contributed by atoms with Gasteiger partial charge in [-0.2, -0.15) is 0 Å². The third-order valence-electron chi connectivity index (χ3n) is 5.86. The zero-order valence-electron chi connectivity index (χ0n) is 24.3. The molecule has 0 fully saturated rings. The molecule has 40 heavy (non-hydrogen) atoms. The molecule has 0 aliphatic carbocycles. The lowest BCUT2D eigenvalue weighted by Crippen LogP contribution is -2.36. The molecular formula is C28H48N4O6P2. The van der Waals surface area contributed by atoms with Crippen molar-refractivity contribution in [2.45, 2.75) is 39.3 Å². The molecule has 0 aromatic heterocycles. The van der Waals surface area contributed by atoms with E-state index in [0.717, 1.165) is 24.2 Å². The van der Waals surface area contributed by atoms with Crippen molar-refractivity contribution >= 4 is 15.2 Å². The SMILES string of the molecule is CCOP(=O)(OCC)C(NCCNCCNCCNC(c1ccccc1)P(=O)(OCC)OCC)c1ccccc1. The van der Waals surface area contributed by atoms with E-state index in [1.165, 1.54) is 0 Å². The Kier molecular flexibility index (Phi) is 17.1. The molecule has 0 bridgehead atoms. The van der Waals surface area contributed by atoms with E-state index in [0.29, 0.717) is 52.6 Å². The molecular weight excluding hydrogens is 550 g/mol. The fourth-order valence-electron chi connectivity index (χ4n) is 4.21. The molecule has 2 atom stereocenters. The zero-order chi connectivity index (χ0) is 29.1. The summed E-state index contributed by atoms with van der Waals surface area (Å²) in [6.45, 7) is 12.6. The van der Waals surface area contributed by atoms with Crippen LogP contribution in [0.5, 0.6) is 0 Å². The van der Waals surface area contributed by atoms with Gasteiger partial charge in [0.25, 0.3) is 0 Å². The highest BCUT2D eigenvalue weighted by molar-refractivity contribution is 7.54. The summed E-state index contributed by atoms with van der Waals surface area (Å²) in [4.78, 5) is 0. The summed E-state index contributed by atoms with van der Waals surface area (Å²) in [5.41, 5.74) is 1.74. The van der Waals surface area contributed by atoms with E-state index in [1.807, 2.05) is 88.4 Å². The molecule has 4 N–H and O–H groups in total. The normalized spacial score (nSPS) is 13.8. The van der Waals surface area contributed by atoms with E-state index in [1.54, 1.807) is 0 Å². The van der Waals surface area contributed by atoms with E-state index in [4.69, 9.17) is 18.1 Å². The fraction of sp³-hybridized carbons (Fsp3) is 0.571. The first kappa shape index (κ1) is 34.8. The summed E-state index contributed by atoms with van der Waals surface area (Å²) in [6, 6.07) is 19.2. The highest BCUT2D eigenvalue weighted by Crippen LogP contribution is 2.60. The maximum Gasteiger partial charge on any atom is 0.351 e. The number of hydrogen-bond donors (Lipinski definition) is 4. The molecule has 0 heterocycles. The number of rotatable bonds is 23. The Morgan fingerprint density at radius 1 is 0.525 bits per heavy atom. The second kappa shape index (κ2) is 19.7. The molecule has 0 aliphatic heterocycles. The predicted octanol–water partition coefficient (Wildman–Crippen LogP) is 5.27. The van der Waals surface area contributed by atoms with Crippen LogP contribution in [0.2, 0.25) is 0 Å². The van der Waals surface area contributed by atoms with Crippen molar-refractivity contribution in [3.8, 4) is 0 Å². The molecule has 2 aromatic carbocycles. The summed E-state index contributed by atoms with van der Waals surface area (Å²) in [5, 5.41) is 13.5. The average Bonchev–Trinajstić information content (AvgIpc) is 2.95. The maximum absolute atomic E-state index is 13.5. The standard InChI is InChI=1S/C28H48N4O6P2/c1-5-35-39(33,36-6-2)27(25-15-11-9-12-16-25)31-23-21-29-19-20-30-22-24-32-28(26-17-13-10-14-18-26)40(34,37-7-3)38-8-4/h9-18,27-32H,5-8,19-24H2,1-4H3. The molecule has 2 unspecified atom stereocenters. The van der Waals surface area contributed by atoms with Gasteiger partial charge in [0.15, 0.2) is 0 Å². The quantitative estimate of drug-likeness (QED) is 0.0995. The third-order valence-corrected chi connectivity index (χ3v) is 10.6. The van der Waals surface area contributed by atoms with Crippen molar-refractivity contribution in [3.63, 3.8) is 0 Å². The van der Waals surface area contributed by atoms with Crippen LogP contribution >= 0.6 is 15.2 Å². The van der Waals surface area contributed by atoms with Gasteiger partial charge in [0.1, 0.15) is 11.6 Å². The summed E-state index contributed by atoms with van der Waals surface area (Å²) in [7, 11) is -6.75. The summed E-state index contributed by atoms with van der Waals surface area (Å²) < 4.78 is 49.4. The van der Waals surface area contributed by atoms with Gasteiger partial charge in [0.05, 0.1) is 26.4 Å². The first-order chi connectivity index (χ1) is 19.4. The van der Waals surface area contributed by atoms with Crippen LogP contribution in [-0.2, 0) is 27.2 Å². The van der Waals surface area contributed by atoms with E-state index in [2.05, 4.69) is 21.3 Å². The molecule has 0 radical (unpaired) electrons. The van der Waals surface area contributed by atoms with E-state index in [-0.39, 0.29) is 0 Å². The van der Waals surface area contributed by atoms with Gasteiger partial charge < -0.3 is 28.7 Å². The molecule has 10 nitrogen and oxygen atoms in total. The van der Waals surface area contributed by atoms with Gasteiger partial charge in [0, 0.05) is 39.3 Å². The lowest BCUT2D eigenvalue weighted by Gasteiger charge is -2.27. The zero-order valence-corrected chi connectivity index (χ0v) is 26.1. The smallest absolute Gasteiger partial charge is 0.314 e. The Morgan fingerprint density at radius 3 is 1.12 bits per heavy atom. The summed E-state index contributed by atoms with van der Waals surface area (Å²) in [6.07, 6.45) is 0. The highest BCUT2D eigenvalue weighted by Gasteiger charge is 2.37. The second-order valence-corrected chi connectivity index (χ2v) is 13.0. The van der Waals surface area contributed by atoms with Crippen LogP contribution < -0.4 is 21.3 Å². The lowest BCUT2D eigenvalue weighted by molar-refractivity contribution is 0.206. The van der Waals surface area contributed by atoms with Crippen molar-refractivity contribution in [2.75, 3.05) is 65.7 Å². The summed E-state index contributed by atoms with van der Waals surface area (Å²) in [5.74, 6) is -1.08. The fourth-order valence-corrected chi connectivity index (χ4v) is 8.17. The maximum atomic E-state index is 13.5. The van der Waals surface area contributed by atoms with Crippen LogP contribution in [0.15, 0.2) is 60.7 Å². The van der Waals surface area contributed by atoms with Crippen molar-refractivity contribution in [3.05, 3.63) is 71.8 Å². The monoisotopic (exact) mass is 598 g/mol. The Bertz CT molecular complexity index is 917. The predicted molar refractivity (Wildman–Crippen MR) is 162 cm³/mol. The van der Waals surface area contributed by atoms with Crippen LogP contribution in [-0.4, -0.2) is 65.7 Å². The molecule has 2 aromatic rings. The lowest BCUT2D eigenvalue weighted by atomic mass is 10.2. The first-order valence-corrected chi connectivity index (χ1v) is 17.4. The molecule has 0 saturated carbocycles. The third kappa shape index (κ3) is 11.5. The van der Waals surface area contributed by atoms with Gasteiger partial charge in [-0.1, -0.05) is 60.7 Å². The molecule has 0 aliphatic rings. The van der Waals surface area contributed by atoms with Crippen molar-refractivity contribution in [1.29, 1.82) is 0 Å². The Morgan fingerprint density at radius 2 is 0.825 bits per heavy atom. The van der Waals surface area contributed by atoms with Crippen molar-refractivity contribution < 1.29 is 27.2 Å². The largest absolute Gasteiger partial charge is 0.351 e. The molecule has 226 valence electrons. The van der Waals surface area contributed by atoms with Gasteiger partial charge >= 0.3 is 15.2 Å². The van der Waals surface area contributed by atoms with Crippen LogP contribution in [0.1, 0.15) is 50.4 Å². The average molecular weight is 599 g/mol. The van der Waals surface area contributed by atoms with Gasteiger partial charge in [-0.05, 0) is 38.8 Å². The molecule has 0 saturated heterocycles. The molecule has 12 heteroatoms. The molecule has 2 rings (SSSR count). The molecule has 0 amide bonds. The molecule has 0 spiro atoms. The number of benzene rings is 2. The highest BCUT2D eigenvalue weighted by atomic mass is 31.2. The van der Waals surface area contributed by atoms with E-state index < -0.39 is 26.8 Å². The minimum absolute atomic E-state index is 0.308. The minimum Gasteiger partial charge on any atom is -0.314 e. The first-order valence-electron chi connectivity index (χ1n) is 14.2. The van der Waals surface area contributed by atoms with Crippen molar-refractivity contribution in [2.24, 2.45) is 0 Å². The van der Waals surface area contributed by atoms with E-state index in [9.17, 15) is 9.13 Å². The van der Waals surface area contributed by atoms with Crippen LogP contribution in [0, 0.1) is 0 Å². The van der Waals surface area contributed by atoms with Crippen LogP contribution in [0.3, 0.4) is 0 Å². The van der Waals surface area contributed by atoms with Gasteiger partial charge in [-0.15, -0.1) is 0 Å². The van der Waals surface area contributed by atoms with E-state index >= 15 is 0 Å². The Hall–Kier alpha value is -1.42. The minimum atomic E-state index is -3.37. The number of nitrogens with one attached hydrogen (secondary N) is 4. The topological polar surface area (TPSA) is 119 Å². The van der Waals surface area contributed by atoms with Crippen LogP contribution in [0.25, 0.3) is 0 Å². The van der Waals surface area contributed by atoms with Gasteiger partial charge in [-0.25, -0.2) is 0 Å². The van der Waals surface area contributed by atoms with Crippen molar-refractivity contribution in [1.82, 2.24) is 21.3 Å². The second-order valence-electron chi connectivity index (χ2n) is 8.79. The van der Waals surface area contributed by atoms with Gasteiger partial charge in [-0.3, -0.25) is 19.8 Å². The van der Waals surface area contributed by atoms with Crippen LogP contribution in [0.4, 0.5) is 0 Å². The number of hydrogen-bond acceptors (Lipinski definition) is 10. The van der Waals surface area contributed by atoms with Gasteiger partial charge in [0.2, 0.25) is 0 Å². The summed E-state index contributed by atoms with van der Waals surface area (Å²) >= 11 is 0.